The first kappa shape index (κ1) is 12.5. The number of ketones is 1. The molecule has 0 radical (unpaired) electrons. The number of nitrogens with zero attached hydrogens (tertiary/aromatic N) is 4. The van der Waals surface area contributed by atoms with Gasteiger partial charge >= 0.3 is 5.97 Å². The monoisotopic (exact) mass is 302 g/mol. The molecule has 9 nitrogen and oxygen atoms in total. The molecule has 3 heterocycles. The molecule has 0 aliphatic heterocycles. The zero-order valence-electron chi connectivity index (χ0n) is 12.6. The van der Waals surface area contributed by atoms with Crippen LogP contribution in [-0.2, 0) is 4.79 Å². The van der Waals surface area contributed by atoms with E-state index in [1.807, 2.05) is 0 Å². The minimum absolute atomic E-state index is 0.0589. The molecule has 0 saturated carbocycles. The van der Waals surface area contributed by atoms with Crippen molar-refractivity contribution in [1.82, 2.24) is 24.7 Å². The molecule has 0 amide bonds. The second kappa shape index (κ2) is 4.95. The van der Waals surface area contributed by atoms with Gasteiger partial charge in [-0.1, -0.05) is 0 Å². The van der Waals surface area contributed by atoms with Crippen LogP contribution in [0.5, 0.6) is 5.75 Å². The molecule has 0 atom stereocenters. The molecule has 0 aromatic carbocycles. The minimum Gasteiger partial charge on any atom is -0.494 e. The second-order valence-corrected chi connectivity index (χ2v) is 4.41. The van der Waals surface area contributed by atoms with Crippen LogP contribution in [0.2, 0.25) is 0 Å². The molecule has 0 bridgehead atoms. The van der Waals surface area contributed by atoms with Crippen molar-refractivity contribution >= 4 is 22.7 Å². The van der Waals surface area contributed by atoms with Crippen LogP contribution < -0.4 is 4.74 Å². The van der Waals surface area contributed by atoms with Gasteiger partial charge in [0.25, 0.3) is 5.78 Å². The van der Waals surface area contributed by atoms with Gasteiger partial charge in [0.05, 0.1) is 29.8 Å². The largest absolute Gasteiger partial charge is 0.494 e. The highest BCUT2D eigenvalue weighted by Gasteiger charge is 2.24. The number of rotatable bonds is 4. The number of ether oxygens (including phenoxy) is 1. The third-order valence-corrected chi connectivity index (χ3v) is 3.06. The van der Waals surface area contributed by atoms with E-state index in [1.165, 1.54) is 24.2 Å². The average Bonchev–Trinajstić information content (AvgIpc) is 3.09. The number of aromatic amines is 1. The Kier molecular flexibility index (Phi) is 2.81. The van der Waals surface area contributed by atoms with Crippen LogP contribution in [0.15, 0.2) is 18.7 Å². The Hall–Kier alpha value is -3.23. The molecular weight excluding hydrogens is 290 g/mol. The van der Waals surface area contributed by atoms with Crippen molar-refractivity contribution in [3.05, 3.63) is 30.1 Å². The lowest BCUT2D eigenvalue weighted by Crippen LogP contribution is -2.12. The van der Waals surface area contributed by atoms with Crippen LogP contribution in [0.4, 0.5) is 0 Å². The first-order chi connectivity index (χ1) is 10.9. The van der Waals surface area contributed by atoms with Crippen LogP contribution in [0.25, 0.3) is 16.7 Å². The quantitative estimate of drug-likeness (QED) is 0.538. The Morgan fingerprint density at radius 1 is 1.45 bits per heavy atom. The van der Waals surface area contributed by atoms with Crippen molar-refractivity contribution in [3.63, 3.8) is 0 Å². The Labute approximate surface area is 125 Å². The van der Waals surface area contributed by atoms with Crippen molar-refractivity contribution < 1.29 is 20.8 Å². The highest BCUT2D eigenvalue weighted by Crippen LogP contribution is 2.31. The van der Waals surface area contributed by atoms with Gasteiger partial charge in [-0.25, -0.2) is 19.4 Å². The van der Waals surface area contributed by atoms with Gasteiger partial charge in [-0.3, -0.25) is 4.79 Å². The van der Waals surface area contributed by atoms with E-state index < -0.39 is 11.8 Å². The first-order valence-corrected chi connectivity index (χ1v) is 6.16. The lowest BCUT2D eigenvalue weighted by Gasteiger charge is -2.06. The summed E-state index contributed by atoms with van der Waals surface area (Å²) >= 11 is 0. The fourth-order valence-electron chi connectivity index (χ4n) is 2.12. The number of aromatic nitrogens is 5. The van der Waals surface area contributed by atoms with Gasteiger partial charge in [-0.2, -0.15) is 5.10 Å². The van der Waals surface area contributed by atoms with E-state index >= 15 is 0 Å². The molecule has 0 aliphatic carbocycles. The summed E-state index contributed by atoms with van der Waals surface area (Å²) in [6, 6.07) is 0. The Morgan fingerprint density at radius 3 is 2.82 bits per heavy atom. The topological polar surface area (TPSA) is 123 Å². The summed E-state index contributed by atoms with van der Waals surface area (Å²) in [6.45, 7) is 1.63. The molecule has 0 unspecified atom stereocenters. The minimum atomic E-state index is -1.58. The number of pyridine rings is 1. The smallest absolute Gasteiger partial charge is 0.377 e. The summed E-state index contributed by atoms with van der Waals surface area (Å²) < 4.78 is 14.2. The maximum atomic E-state index is 11.8. The third kappa shape index (κ3) is 1.99. The van der Waals surface area contributed by atoms with Gasteiger partial charge in [0.2, 0.25) is 0 Å². The number of aliphatic carboxylic acids is 1. The Balaban J connectivity index is 2.33. The molecule has 2 N–H and O–H groups in total. The Bertz CT molecular complexity index is 945. The summed E-state index contributed by atoms with van der Waals surface area (Å²) in [6.07, 6.45) is 2.46. The fraction of sp³-hybridized carbons (Fsp3) is 0.154. The fourth-order valence-corrected chi connectivity index (χ4v) is 2.12. The number of nitrogens with one attached hydrogen (secondary N) is 1. The predicted molar refractivity (Wildman–Crippen MR) is 74.3 cm³/mol. The number of hydrogen-bond donors (Lipinski definition) is 2. The van der Waals surface area contributed by atoms with E-state index in [0.29, 0.717) is 11.3 Å². The molecule has 112 valence electrons. The van der Waals surface area contributed by atoms with E-state index in [9.17, 15) is 9.59 Å². The maximum absolute atomic E-state index is 11.8. The molecule has 0 fully saturated rings. The summed E-state index contributed by atoms with van der Waals surface area (Å²) in [5.41, 5.74) is 0.267. The van der Waals surface area contributed by atoms with Crippen LogP contribution >= 0.6 is 0 Å². The van der Waals surface area contributed by atoms with Gasteiger partial charge in [0.1, 0.15) is 19.2 Å². The van der Waals surface area contributed by atoms with Crippen molar-refractivity contribution in [2.75, 3.05) is 7.11 Å². The van der Waals surface area contributed by atoms with E-state index in [0.717, 1.165) is 0 Å². The summed E-state index contributed by atoms with van der Waals surface area (Å²) in [5.74, 6) is -1.82. The number of carboxylic acids is 1. The molecule has 3 aromatic heterocycles. The lowest BCUT2D eigenvalue weighted by molar-refractivity contribution is -0.131. The van der Waals surface area contributed by atoms with Crippen molar-refractivity contribution in [2.24, 2.45) is 0 Å². The SMILES string of the molecule is [2H]c1nc(C)nn1-c1ncc(OC)c2c(C(=O)C(=O)O)c[nH]c12. The molecule has 0 saturated heterocycles. The Morgan fingerprint density at radius 2 is 2.23 bits per heavy atom. The van der Waals surface area contributed by atoms with E-state index in [2.05, 4.69) is 20.1 Å². The number of methoxy groups -OCH3 is 1. The molecular formula is C13H11N5O4. The highest BCUT2D eigenvalue weighted by molar-refractivity contribution is 6.42. The van der Waals surface area contributed by atoms with Gasteiger partial charge < -0.3 is 14.8 Å². The zero-order chi connectivity index (χ0) is 16.7. The first-order valence-electron chi connectivity index (χ1n) is 6.66. The van der Waals surface area contributed by atoms with E-state index in [-0.39, 0.29) is 28.8 Å². The van der Waals surface area contributed by atoms with E-state index in [1.54, 1.807) is 6.92 Å². The second-order valence-electron chi connectivity index (χ2n) is 4.41. The van der Waals surface area contributed by atoms with Crippen molar-refractivity contribution in [1.29, 1.82) is 0 Å². The normalized spacial score (nSPS) is 11.5. The number of hydrogen-bond acceptors (Lipinski definition) is 6. The standard InChI is InChI=1S/C13H11N5O4/c1-6-16-5-18(17-6)12-10-9(8(22-2)4-15-12)7(3-14-10)11(19)13(20)21/h3-5,14H,1-2H3,(H,20,21)/i5D. The van der Waals surface area contributed by atoms with Crippen LogP contribution in [0.1, 0.15) is 17.6 Å². The predicted octanol–water partition coefficient (Wildman–Crippen LogP) is 0.728. The van der Waals surface area contributed by atoms with Crippen LogP contribution in [-0.4, -0.2) is 48.7 Å². The lowest BCUT2D eigenvalue weighted by atomic mass is 10.1. The summed E-state index contributed by atoms with van der Waals surface area (Å²) in [5, 5.41) is 13.3. The number of aryl methyl sites for hydroxylation is 1. The van der Waals surface area contributed by atoms with Gasteiger partial charge in [0, 0.05) is 6.20 Å². The van der Waals surface area contributed by atoms with Crippen LogP contribution in [0, 0.1) is 6.92 Å². The highest BCUT2D eigenvalue weighted by atomic mass is 16.5. The molecule has 3 rings (SSSR count). The zero-order valence-corrected chi connectivity index (χ0v) is 11.6. The third-order valence-electron chi connectivity index (χ3n) is 3.06. The number of Topliss-reactive ketones (excluding diaryl/α,β-unsaturated/α-hetero) is 1. The van der Waals surface area contributed by atoms with Gasteiger partial charge in [-0.05, 0) is 6.92 Å². The molecule has 22 heavy (non-hydrogen) atoms. The molecule has 3 aromatic rings. The number of H-pyrrole nitrogens is 1. The van der Waals surface area contributed by atoms with Crippen LogP contribution in [0.3, 0.4) is 0 Å². The van der Waals surface area contributed by atoms with Crippen molar-refractivity contribution in [2.45, 2.75) is 6.92 Å². The summed E-state index contributed by atoms with van der Waals surface area (Å²) in [4.78, 5) is 33.7. The van der Waals surface area contributed by atoms with Gasteiger partial charge in [-0.15, -0.1) is 0 Å². The number of carbonyl (C=O) groups excluding carboxylic acids is 1. The van der Waals surface area contributed by atoms with Gasteiger partial charge in [0.15, 0.2) is 5.82 Å². The van der Waals surface area contributed by atoms with E-state index in [4.69, 9.17) is 11.2 Å². The average molecular weight is 302 g/mol. The maximum Gasteiger partial charge on any atom is 0.377 e. The molecule has 0 aliphatic rings. The number of fused-ring (bicyclic) bond motifs is 1. The number of carboxylic acid groups (broad SMARTS) is 1. The molecule has 0 spiro atoms. The van der Waals surface area contributed by atoms with Crippen molar-refractivity contribution in [3.8, 4) is 11.6 Å². The molecule has 9 heteroatoms. The summed E-state index contributed by atoms with van der Waals surface area (Å²) in [7, 11) is 1.38. The number of carbonyl (C=O) groups is 2.